The number of hydrogen-bond donors (Lipinski definition) is 0. The van der Waals surface area contributed by atoms with Gasteiger partial charge in [0.2, 0.25) is 0 Å². The molecular formula is C27H28FN3O2. The minimum atomic E-state index is -1.01. The van der Waals surface area contributed by atoms with Gasteiger partial charge in [-0.15, -0.1) is 0 Å². The molecule has 0 atom stereocenters. The fourth-order valence-corrected chi connectivity index (χ4v) is 3.89. The Morgan fingerprint density at radius 2 is 1.52 bits per heavy atom. The summed E-state index contributed by atoms with van der Waals surface area (Å²) in [7, 11) is 0. The predicted octanol–water partition coefficient (Wildman–Crippen LogP) is 4.90. The molecule has 4 rings (SSSR count). The van der Waals surface area contributed by atoms with E-state index < -0.39 is 5.60 Å². The molecule has 33 heavy (non-hydrogen) atoms. The van der Waals surface area contributed by atoms with E-state index in [0.717, 1.165) is 11.1 Å². The fraction of sp³-hybridized carbons (Fsp3) is 0.259. The van der Waals surface area contributed by atoms with Crippen LogP contribution in [0.2, 0.25) is 0 Å². The number of piperazine rings is 1. The highest BCUT2D eigenvalue weighted by atomic mass is 19.1. The average molecular weight is 446 g/mol. The lowest BCUT2D eigenvalue weighted by atomic mass is 10.1. The molecule has 0 saturated carbocycles. The van der Waals surface area contributed by atoms with Gasteiger partial charge >= 0.3 is 0 Å². The standard InChI is InChI=1S/C27H28FN3O2/c1-27(2,26(32)31-19-17-30(18-20-31)25-6-4-3-5-24(25)28)33-23-11-9-21(10-12-23)7-8-22-13-15-29-16-14-22/h3-16H,17-20H2,1-2H3/b8-7+. The average Bonchev–Trinajstić information content (AvgIpc) is 2.84. The Labute approximate surface area is 194 Å². The monoisotopic (exact) mass is 445 g/mol. The molecule has 2 aromatic carbocycles. The third-order valence-electron chi connectivity index (χ3n) is 5.70. The normalized spacial score (nSPS) is 14.5. The smallest absolute Gasteiger partial charge is 0.266 e. The van der Waals surface area contributed by atoms with Crippen molar-refractivity contribution in [2.24, 2.45) is 0 Å². The number of carbonyl (C=O) groups is 1. The van der Waals surface area contributed by atoms with E-state index in [0.29, 0.717) is 37.6 Å². The molecule has 2 heterocycles. The molecule has 5 nitrogen and oxygen atoms in total. The molecular weight excluding hydrogens is 417 g/mol. The van der Waals surface area contributed by atoms with Crippen molar-refractivity contribution in [3.63, 3.8) is 0 Å². The van der Waals surface area contributed by atoms with Crippen LogP contribution in [-0.2, 0) is 4.79 Å². The van der Waals surface area contributed by atoms with Crippen molar-refractivity contribution >= 4 is 23.7 Å². The van der Waals surface area contributed by atoms with Gasteiger partial charge in [-0.25, -0.2) is 4.39 Å². The number of pyridine rings is 1. The Morgan fingerprint density at radius 1 is 0.909 bits per heavy atom. The van der Waals surface area contributed by atoms with Crippen LogP contribution in [0.1, 0.15) is 25.0 Å². The second-order valence-corrected chi connectivity index (χ2v) is 8.53. The van der Waals surface area contributed by atoms with Gasteiger partial charge in [-0.05, 0) is 61.4 Å². The molecule has 1 aromatic heterocycles. The number of aromatic nitrogens is 1. The second-order valence-electron chi connectivity index (χ2n) is 8.53. The first-order valence-electron chi connectivity index (χ1n) is 11.1. The van der Waals surface area contributed by atoms with E-state index in [1.54, 1.807) is 43.3 Å². The Bertz CT molecular complexity index is 1110. The highest BCUT2D eigenvalue weighted by Gasteiger charge is 2.36. The minimum absolute atomic E-state index is 0.0719. The number of amides is 1. The zero-order valence-corrected chi connectivity index (χ0v) is 18.9. The molecule has 1 fully saturated rings. The van der Waals surface area contributed by atoms with E-state index in [1.807, 2.05) is 59.5 Å². The van der Waals surface area contributed by atoms with E-state index in [4.69, 9.17) is 4.74 Å². The fourth-order valence-electron chi connectivity index (χ4n) is 3.89. The van der Waals surface area contributed by atoms with Crippen molar-refractivity contribution in [1.29, 1.82) is 0 Å². The maximum Gasteiger partial charge on any atom is 0.266 e. The Morgan fingerprint density at radius 3 is 2.15 bits per heavy atom. The number of carbonyl (C=O) groups excluding carboxylic acids is 1. The number of hydrogen-bond acceptors (Lipinski definition) is 4. The molecule has 0 bridgehead atoms. The molecule has 3 aromatic rings. The predicted molar refractivity (Wildman–Crippen MR) is 130 cm³/mol. The minimum Gasteiger partial charge on any atom is -0.478 e. The van der Waals surface area contributed by atoms with Gasteiger partial charge in [0.25, 0.3) is 5.91 Å². The van der Waals surface area contributed by atoms with Crippen molar-refractivity contribution in [3.8, 4) is 5.75 Å². The highest BCUT2D eigenvalue weighted by molar-refractivity contribution is 5.85. The Balaban J connectivity index is 1.34. The summed E-state index contributed by atoms with van der Waals surface area (Å²) in [5.74, 6) is 0.330. The van der Waals surface area contributed by atoms with Gasteiger partial charge in [0.15, 0.2) is 5.60 Å². The number of ether oxygens (including phenoxy) is 1. The maximum atomic E-state index is 14.1. The number of anilines is 1. The largest absolute Gasteiger partial charge is 0.478 e. The first kappa shape index (κ1) is 22.5. The maximum absolute atomic E-state index is 14.1. The summed E-state index contributed by atoms with van der Waals surface area (Å²) in [6.45, 7) is 5.80. The summed E-state index contributed by atoms with van der Waals surface area (Å²) in [5.41, 5.74) is 1.69. The summed E-state index contributed by atoms with van der Waals surface area (Å²) in [4.78, 5) is 20.9. The van der Waals surface area contributed by atoms with Crippen LogP contribution in [0.3, 0.4) is 0 Å². The van der Waals surface area contributed by atoms with E-state index in [2.05, 4.69) is 4.98 Å². The van der Waals surface area contributed by atoms with Crippen LogP contribution in [0, 0.1) is 5.82 Å². The van der Waals surface area contributed by atoms with Crippen LogP contribution in [0.5, 0.6) is 5.75 Å². The molecule has 1 aliphatic rings. The van der Waals surface area contributed by atoms with E-state index in [-0.39, 0.29) is 11.7 Å². The summed E-state index contributed by atoms with van der Waals surface area (Å²) in [6.07, 6.45) is 7.56. The number of benzene rings is 2. The Kier molecular flexibility index (Phi) is 6.73. The van der Waals surface area contributed by atoms with Crippen molar-refractivity contribution < 1.29 is 13.9 Å². The molecule has 0 aliphatic carbocycles. The van der Waals surface area contributed by atoms with Crippen LogP contribution in [0.4, 0.5) is 10.1 Å². The molecule has 0 N–H and O–H groups in total. The number of halogens is 1. The topological polar surface area (TPSA) is 45.7 Å². The first-order chi connectivity index (χ1) is 15.9. The molecule has 0 spiro atoms. The number of nitrogens with zero attached hydrogens (tertiary/aromatic N) is 3. The molecule has 1 amide bonds. The van der Waals surface area contributed by atoms with Crippen LogP contribution >= 0.6 is 0 Å². The van der Waals surface area contributed by atoms with E-state index in [9.17, 15) is 9.18 Å². The summed E-state index contributed by atoms with van der Waals surface area (Å²) in [5, 5.41) is 0. The lowest BCUT2D eigenvalue weighted by molar-refractivity contribution is -0.145. The lowest BCUT2D eigenvalue weighted by Gasteiger charge is -2.39. The van der Waals surface area contributed by atoms with E-state index >= 15 is 0 Å². The zero-order valence-electron chi connectivity index (χ0n) is 18.9. The number of rotatable bonds is 6. The van der Waals surface area contributed by atoms with Crippen LogP contribution in [-0.4, -0.2) is 47.6 Å². The molecule has 0 radical (unpaired) electrons. The molecule has 0 unspecified atom stereocenters. The first-order valence-corrected chi connectivity index (χ1v) is 11.1. The third kappa shape index (κ3) is 5.58. The van der Waals surface area contributed by atoms with Crippen molar-refractivity contribution in [2.75, 3.05) is 31.1 Å². The lowest BCUT2D eigenvalue weighted by Crippen LogP contribution is -2.56. The van der Waals surface area contributed by atoms with Crippen LogP contribution in [0.25, 0.3) is 12.2 Å². The van der Waals surface area contributed by atoms with Crippen LogP contribution < -0.4 is 9.64 Å². The zero-order chi connectivity index (χ0) is 23.3. The van der Waals surface area contributed by atoms with Crippen molar-refractivity contribution in [1.82, 2.24) is 9.88 Å². The van der Waals surface area contributed by atoms with E-state index in [1.165, 1.54) is 6.07 Å². The van der Waals surface area contributed by atoms with Gasteiger partial charge in [-0.3, -0.25) is 9.78 Å². The molecule has 1 saturated heterocycles. The SMILES string of the molecule is CC(C)(Oc1ccc(/C=C/c2ccncc2)cc1)C(=O)N1CCN(c2ccccc2F)CC1. The highest BCUT2D eigenvalue weighted by Crippen LogP contribution is 2.24. The van der Waals surface area contributed by atoms with Gasteiger partial charge in [-0.1, -0.05) is 36.4 Å². The van der Waals surface area contributed by atoms with Crippen molar-refractivity contribution in [3.05, 3.63) is 90.0 Å². The molecule has 1 aliphatic heterocycles. The molecule has 170 valence electrons. The Hall–Kier alpha value is -3.67. The van der Waals surface area contributed by atoms with Gasteiger partial charge in [0.1, 0.15) is 11.6 Å². The third-order valence-corrected chi connectivity index (χ3v) is 5.70. The second kappa shape index (κ2) is 9.86. The molecule has 6 heteroatoms. The summed E-state index contributed by atoms with van der Waals surface area (Å²) in [6, 6.07) is 18.3. The van der Waals surface area contributed by atoms with Gasteiger partial charge in [-0.2, -0.15) is 0 Å². The van der Waals surface area contributed by atoms with Crippen LogP contribution in [0.15, 0.2) is 73.1 Å². The van der Waals surface area contributed by atoms with Gasteiger partial charge in [0, 0.05) is 38.6 Å². The van der Waals surface area contributed by atoms with Gasteiger partial charge in [0.05, 0.1) is 5.69 Å². The van der Waals surface area contributed by atoms with Crippen molar-refractivity contribution in [2.45, 2.75) is 19.4 Å². The quantitative estimate of drug-likeness (QED) is 0.542. The number of para-hydroxylation sites is 1. The summed E-state index contributed by atoms with van der Waals surface area (Å²) >= 11 is 0. The summed E-state index contributed by atoms with van der Waals surface area (Å²) < 4.78 is 20.1. The van der Waals surface area contributed by atoms with Gasteiger partial charge < -0.3 is 14.5 Å².